The Morgan fingerprint density at radius 3 is 2.34 bits per heavy atom. The van der Waals surface area contributed by atoms with Crippen LogP contribution in [0.3, 0.4) is 0 Å². The number of carbonyl (C=O) groups is 1. The van der Waals surface area contributed by atoms with E-state index in [2.05, 4.69) is 14.9 Å². The molecule has 1 amide bonds. The van der Waals surface area contributed by atoms with E-state index in [-0.39, 0.29) is 12.3 Å². The van der Waals surface area contributed by atoms with Crippen molar-refractivity contribution in [1.82, 2.24) is 14.9 Å². The number of anilines is 1. The molecule has 1 fully saturated rings. The quantitative estimate of drug-likeness (QED) is 0.543. The Morgan fingerprint density at radius 1 is 1.03 bits per heavy atom. The van der Waals surface area contributed by atoms with Gasteiger partial charge in [-0.3, -0.25) is 4.79 Å². The van der Waals surface area contributed by atoms with Gasteiger partial charge in [0.1, 0.15) is 10.8 Å². The van der Waals surface area contributed by atoms with E-state index in [0.29, 0.717) is 30.3 Å². The van der Waals surface area contributed by atoms with E-state index in [9.17, 15) is 4.79 Å². The van der Waals surface area contributed by atoms with Gasteiger partial charge in [0.25, 0.3) is 0 Å². The molecule has 3 aromatic rings. The predicted molar refractivity (Wildman–Crippen MR) is 124 cm³/mol. The van der Waals surface area contributed by atoms with E-state index in [4.69, 9.17) is 14.2 Å². The zero-order chi connectivity index (χ0) is 22.5. The lowest BCUT2D eigenvalue weighted by Crippen LogP contribution is -2.49. The van der Waals surface area contributed by atoms with Crippen LogP contribution < -0.4 is 19.1 Å². The second-order valence-corrected chi connectivity index (χ2v) is 8.15. The molecule has 3 heterocycles. The summed E-state index contributed by atoms with van der Waals surface area (Å²) in [5.41, 5.74) is 1.61. The Bertz CT molecular complexity index is 1040. The zero-order valence-corrected chi connectivity index (χ0v) is 19.2. The van der Waals surface area contributed by atoms with Gasteiger partial charge in [-0.15, -0.1) is 11.3 Å². The molecule has 0 N–H and O–H groups in total. The molecule has 0 radical (unpaired) electrons. The average molecular weight is 455 g/mol. The van der Waals surface area contributed by atoms with Crippen LogP contribution in [-0.4, -0.2) is 68.3 Å². The third-order valence-electron chi connectivity index (χ3n) is 5.40. The highest BCUT2D eigenvalue weighted by atomic mass is 32.1. The van der Waals surface area contributed by atoms with E-state index >= 15 is 0 Å². The maximum atomic E-state index is 12.8. The minimum Gasteiger partial charge on any atom is -0.493 e. The van der Waals surface area contributed by atoms with E-state index in [1.54, 1.807) is 27.5 Å². The summed E-state index contributed by atoms with van der Waals surface area (Å²) in [5, 5.41) is 2.73. The number of pyridine rings is 1. The van der Waals surface area contributed by atoms with E-state index in [0.717, 1.165) is 35.2 Å². The molecule has 2 aromatic heterocycles. The lowest BCUT2D eigenvalue weighted by atomic mass is 10.2. The molecule has 0 spiro atoms. The van der Waals surface area contributed by atoms with Gasteiger partial charge in [0.05, 0.1) is 33.4 Å². The van der Waals surface area contributed by atoms with Crippen LogP contribution in [0.1, 0.15) is 5.69 Å². The molecule has 9 heteroatoms. The van der Waals surface area contributed by atoms with Crippen LogP contribution in [-0.2, 0) is 11.2 Å². The number of thiazole rings is 1. The topological polar surface area (TPSA) is 77.0 Å². The standard InChI is InChI=1S/C23H26N4O4S/c1-29-18-12-16(13-19(30-2)22(18)31-3)23-25-17(15-32-23)14-21(28)27-10-8-26(9-11-27)20-6-4-5-7-24-20/h4-7,12-13,15H,8-11,14H2,1-3H3. The smallest absolute Gasteiger partial charge is 0.228 e. The molecule has 32 heavy (non-hydrogen) atoms. The number of piperazine rings is 1. The molecule has 0 bridgehead atoms. The number of amides is 1. The average Bonchev–Trinajstić information content (AvgIpc) is 3.32. The third-order valence-corrected chi connectivity index (χ3v) is 6.34. The van der Waals surface area contributed by atoms with Crippen molar-refractivity contribution in [1.29, 1.82) is 0 Å². The molecule has 4 rings (SSSR count). The fraction of sp³-hybridized carbons (Fsp3) is 0.348. The lowest BCUT2D eigenvalue weighted by molar-refractivity contribution is -0.130. The van der Waals surface area contributed by atoms with Gasteiger partial charge in [-0.2, -0.15) is 0 Å². The summed E-state index contributed by atoms with van der Waals surface area (Å²) in [6.45, 7) is 2.91. The van der Waals surface area contributed by atoms with Gasteiger partial charge in [-0.25, -0.2) is 9.97 Å². The number of hydrogen-bond acceptors (Lipinski definition) is 8. The van der Waals surface area contributed by atoms with Crippen molar-refractivity contribution in [3.63, 3.8) is 0 Å². The number of ether oxygens (including phenoxy) is 3. The molecule has 8 nitrogen and oxygen atoms in total. The number of methoxy groups -OCH3 is 3. The van der Waals surface area contributed by atoms with Crippen LogP contribution in [0.15, 0.2) is 41.9 Å². The summed E-state index contributed by atoms with van der Waals surface area (Å²) in [6, 6.07) is 9.61. The van der Waals surface area contributed by atoms with Crippen molar-refractivity contribution in [3.8, 4) is 27.8 Å². The Morgan fingerprint density at radius 2 is 1.75 bits per heavy atom. The molecule has 1 aliphatic rings. The molecule has 1 saturated heterocycles. The number of benzene rings is 1. The summed E-state index contributed by atoms with van der Waals surface area (Å²) in [4.78, 5) is 26.0. The van der Waals surface area contributed by atoms with Crippen LogP contribution in [0, 0.1) is 0 Å². The maximum absolute atomic E-state index is 12.8. The summed E-state index contributed by atoms with van der Waals surface area (Å²) in [5.74, 6) is 2.72. The van der Waals surface area contributed by atoms with Crippen molar-refractivity contribution in [2.24, 2.45) is 0 Å². The summed E-state index contributed by atoms with van der Waals surface area (Å²) in [6.07, 6.45) is 2.07. The fourth-order valence-electron chi connectivity index (χ4n) is 3.72. The summed E-state index contributed by atoms with van der Waals surface area (Å²) in [7, 11) is 4.74. The number of nitrogens with zero attached hydrogens (tertiary/aromatic N) is 4. The molecular formula is C23H26N4O4S. The van der Waals surface area contributed by atoms with Crippen molar-refractivity contribution < 1.29 is 19.0 Å². The van der Waals surface area contributed by atoms with Crippen LogP contribution in [0.5, 0.6) is 17.2 Å². The largest absolute Gasteiger partial charge is 0.493 e. The first-order valence-electron chi connectivity index (χ1n) is 10.3. The second-order valence-electron chi connectivity index (χ2n) is 7.29. The molecular weight excluding hydrogens is 428 g/mol. The van der Waals surface area contributed by atoms with Gasteiger partial charge >= 0.3 is 0 Å². The van der Waals surface area contributed by atoms with Crippen LogP contribution in [0.2, 0.25) is 0 Å². The fourth-order valence-corrected chi connectivity index (χ4v) is 4.53. The molecule has 0 saturated carbocycles. The maximum Gasteiger partial charge on any atom is 0.228 e. The highest BCUT2D eigenvalue weighted by Gasteiger charge is 2.23. The number of carbonyl (C=O) groups excluding carboxylic acids is 1. The number of hydrogen-bond donors (Lipinski definition) is 0. The van der Waals surface area contributed by atoms with Gasteiger partial charge in [0.15, 0.2) is 11.5 Å². The van der Waals surface area contributed by atoms with Crippen molar-refractivity contribution in [3.05, 3.63) is 47.6 Å². The van der Waals surface area contributed by atoms with Crippen molar-refractivity contribution in [2.75, 3.05) is 52.4 Å². The first-order chi connectivity index (χ1) is 15.6. The minimum atomic E-state index is 0.0902. The summed E-state index contributed by atoms with van der Waals surface area (Å²) >= 11 is 1.49. The van der Waals surface area contributed by atoms with Crippen molar-refractivity contribution in [2.45, 2.75) is 6.42 Å². The second kappa shape index (κ2) is 9.86. The van der Waals surface area contributed by atoms with Gasteiger partial charge in [-0.05, 0) is 24.3 Å². The normalized spacial score (nSPS) is 13.7. The van der Waals surface area contributed by atoms with Gasteiger partial charge < -0.3 is 24.0 Å². The van der Waals surface area contributed by atoms with Crippen molar-refractivity contribution >= 4 is 23.1 Å². The molecule has 168 valence electrons. The molecule has 0 unspecified atom stereocenters. The third kappa shape index (κ3) is 4.62. The molecule has 0 aliphatic carbocycles. The van der Waals surface area contributed by atoms with Crippen LogP contribution in [0.4, 0.5) is 5.82 Å². The summed E-state index contributed by atoms with van der Waals surface area (Å²) < 4.78 is 16.3. The molecule has 1 aromatic carbocycles. The Labute approximate surface area is 191 Å². The molecule has 1 aliphatic heterocycles. The van der Waals surface area contributed by atoms with E-state index in [1.165, 1.54) is 11.3 Å². The lowest BCUT2D eigenvalue weighted by Gasteiger charge is -2.35. The van der Waals surface area contributed by atoms with Crippen LogP contribution in [0.25, 0.3) is 10.6 Å². The Balaban J connectivity index is 1.41. The predicted octanol–water partition coefficient (Wildman–Crippen LogP) is 3.12. The first kappa shape index (κ1) is 21.9. The highest BCUT2D eigenvalue weighted by Crippen LogP contribution is 2.41. The van der Waals surface area contributed by atoms with Gasteiger partial charge in [0.2, 0.25) is 11.7 Å². The van der Waals surface area contributed by atoms with E-state index in [1.807, 2.05) is 40.6 Å². The monoisotopic (exact) mass is 454 g/mol. The minimum absolute atomic E-state index is 0.0902. The van der Waals surface area contributed by atoms with Gasteiger partial charge in [0, 0.05) is 43.3 Å². The molecule has 0 atom stereocenters. The zero-order valence-electron chi connectivity index (χ0n) is 18.4. The first-order valence-corrected chi connectivity index (χ1v) is 11.2. The van der Waals surface area contributed by atoms with Crippen LogP contribution >= 0.6 is 11.3 Å². The Kier molecular flexibility index (Phi) is 6.75. The van der Waals surface area contributed by atoms with Gasteiger partial charge in [-0.1, -0.05) is 6.07 Å². The van der Waals surface area contributed by atoms with E-state index < -0.39 is 0 Å². The Hall–Kier alpha value is -3.33. The number of rotatable bonds is 7. The highest BCUT2D eigenvalue weighted by molar-refractivity contribution is 7.13. The SMILES string of the molecule is COc1cc(-c2nc(CC(=O)N3CCN(c4ccccn4)CC3)cs2)cc(OC)c1OC. The number of aromatic nitrogens is 2.